The van der Waals surface area contributed by atoms with Gasteiger partial charge in [0.05, 0.1) is 22.6 Å². The summed E-state index contributed by atoms with van der Waals surface area (Å²) < 4.78 is 2.01. The highest BCUT2D eigenvalue weighted by molar-refractivity contribution is 6.00. The zero-order chi connectivity index (χ0) is 18.6. The van der Waals surface area contributed by atoms with Crippen molar-refractivity contribution in [2.75, 3.05) is 0 Å². The van der Waals surface area contributed by atoms with Crippen LogP contribution in [0.4, 0.5) is 0 Å². The van der Waals surface area contributed by atoms with E-state index in [0.717, 1.165) is 29.1 Å². The van der Waals surface area contributed by atoms with Crippen LogP contribution in [0.1, 0.15) is 88.1 Å². The van der Waals surface area contributed by atoms with Gasteiger partial charge in [-0.2, -0.15) is 5.10 Å². The van der Waals surface area contributed by atoms with Crippen molar-refractivity contribution in [3.63, 3.8) is 0 Å². The van der Waals surface area contributed by atoms with Gasteiger partial charge in [0.1, 0.15) is 0 Å². The molecule has 1 aromatic heterocycles. The molecule has 0 unspecified atom stereocenters. The van der Waals surface area contributed by atoms with Crippen molar-refractivity contribution in [2.45, 2.75) is 72.6 Å². The number of carbonyl (C=O) groups excluding carboxylic acids is 1. The molecule has 25 heavy (non-hydrogen) atoms. The summed E-state index contributed by atoms with van der Waals surface area (Å²) >= 11 is 0. The third-order valence-corrected chi connectivity index (χ3v) is 5.06. The minimum absolute atomic E-state index is 0.0190. The lowest BCUT2D eigenvalue weighted by Gasteiger charge is -2.30. The average molecular weight is 338 g/mol. The van der Waals surface area contributed by atoms with Gasteiger partial charge in [-0.1, -0.05) is 60.6 Å². The summed E-state index contributed by atoms with van der Waals surface area (Å²) in [5.74, 6) is 0.743. The second-order valence-electron chi connectivity index (χ2n) is 9.52. The summed E-state index contributed by atoms with van der Waals surface area (Å²) in [6.45, 7) is 15.1. The SMILES string of the molecule is CC(C)c1ccc(-n2nc(C(C)(C)C)c3c2CC(C)(C)CC3=O)cc1. The molecular weight excluding hydrogens is 308 g/mol. The fourth-order valence-electron chi connectivity index (χ4n) is 3.69. The maximum absolute atomic E-state index is 12.9. The van der Waals surface area contributed by atoms with E-state index in [9.17, 15) is 4.79 Å². The largest absolute Gasteiger partial charge is 0.294 e. The molecule has 0 N–H and O–H groups in total. The van der Waals surface area contributed by atoms with Gasteiger partial charge in [0, 0.05) is 11.8 Å². The predicted octanol–water partition coefficient (Wildman–Crippen LogP) is 5.45. The summed E-state index contributed by atoms with van der Waals surface area (Å²) in [7, 11) is 0. The molecule has 0 atom stereocenters. The first-order chi connectivity index (χ1) is 11.5. The van der Waals surface area contributed by atoms with Gasteiger partial charge in [-0.05, 0) is 35.4 Å². The zero-order valence-corrected chi connectivity index (χ0v) is 16.6. The topological polar surface area (TPSA) is 34.9 Å². The van der Waals surface area contributed by atoms with Crippen LogP contribution in [0, 0.1) is 5.41 Å². The Kier molecular flexibility index (Phi) is 4.17. The fourth-order valence-corrected chi connectivity index (χ4v) is 3.69. The van der Waals surface area contributed by atoms with Crippen LogP contribution >= 0.6 is 0 Å². The number of carbonyl (C=O) groups is 1. The average Bonchev–Trinajstić information content (AvgIpc) is 2.85. The number of Topliss-reactive ketones (excluding diaryl/α,β-unsaturated/α-hetero) is 1. The van der Waals surface area contributed by atoms with Gasteiger partial charge in [0.15, 0.2) is 5.78 Å². The number of aromatic nitrogens is 2. The van der Waals surface area contributed by atoms with E-state index in [2.05, 4.69) is 72.7 Å². The standard InChI is InChI=1S/C22H30N2O/c1-14(2)15-8-10-16(11-9-15)24-17-12-22(6,7)13-18(25)19(17)20(23-24)21(3,4)5/h8-11,14H,12-13H2,1-7H3. The lowest BCUT2D eigenvalue weighted by molar-refractivity contribution is 0.0908. The first kappa shape index (κ1) is 17.9. The normalized spacial score (nSPS) is 17.0. The van der Waals surface area contributed by atoms with Crippen molar-refractivity contribution in [1.82, 2.24) is 9.78 Å². The van der Waals surface area contributed by atoms with Crippen LogP contribution in [-0.4, -0.2) is 15.6 Å². The summed E-state index contributed by atoms with van der Waals surface area (Å²) in [6, 6.07) is 8.59. The highest BCUT2D eigenvalue weighted by Gasteiger charge is 2.39. The number of ketones is 1. The molecular formula is C22H30N2O. The van der Waals surface area contributed by atoms with Crippen LogP contribution < -0.4 is 0 Å². The maximum atomic E-state index is 12.9. The molecule has 0 saturated carbocycles. The lowest BCUT2D eigenvalue weighted by atomic mass is 9.73. The van der Waals surface area contributed by atoms with E-state index in [1.54, 1.807) is 0 Å². The van der Waals surface area contributed by atoms with Crippen molar-refractivity contribution in [3.05, 3.63) is 46.8 Å². The minimum atomic E-state index is -0.148. The number of hydrogen-bond donors (Lipinski definition) is 0. The molecule has 0 saturated heterocycles. The Labute approximate surface area is 151 Å². The summed E-state index contributed by atoms with van der Waals surface area (Å²) in [5.41, 5.74) is 5.05. The lowest BCUT2D eigenvalue weighted by Crippen LogP contribution is -2.29. The third kappa shape index (κ3) is 3.29. The van der Waals surface area contributed by atoms with E-state index in [-0.39, 0.29) is 16.6 Å². The second kappa shape index (κ2) is 5.82. The van der Waals surface area contributed by atoms with Crippen LogP contribution in [-0.2, 0) is 11.8 Å². The Bertz CT molecular complexity index is 802. The molecule has 0 aliphatic heterocycles. The highest BCUT2D eigenvalue weighted by Crippen LogP contribution is 2.40. The van der Waals surface area contributed by atoms with Crippen molar-refractivity contribution >= 4 is 5.78 Å². The van der Waals surface area contributed by atoms with E-state index < -0.39 is 0 Å². The highest BCUT2D eigenvalue weighted by atomic mass is 16.1. The van der Waals surface area contributed by atoms with Crippen molar-refractivity contribution in [2.24, 2.45) is 5.41 Å². The molecule has 0 fully saturated rings. The summed E-state index contributed by atoms with van der Waals surface area (Å²) in [4.78, 5) is 12.9. The van der Waals surface area contributed by atoms with Crippen LogP contribution in [0.15, 0.2) is 24.3 Å². The van der Waals surface area contributed by atoms with Gasteiger partial charge in [0.2, 0.25) is 0 Å². The molecule has 2 aromatic rings. The molecule has 1 aliphatic carbocycles. The molecule has 3 nitrogen and oxygen atoms in total. The number of hydrogen-bond acceptors (Lipinski definition) is 2. The first-order valence-electron chi connectivity index (χ1n) is 9.25. The summed E-state index contributed by atoms with van der Waals surface area (Å²) in [5, 5.41) is 4.92. The van der Waals surface area contributed by atoms with Gasteiger partial charge >= 0.3 is 0 Å². The minimum Gasteiger partial charge on any atom is -0.294 e. The number of nitrogens with zero attached hydrogens (tertiary/aromatic N) is 2. The van der Waals surface area contributed by atoms with Gasteiger partial charge in [-0.25, -0.2) is 4.68 Å². The van der Waals surface area contributed by atoms with Gasteiger partial charge in [-0.15, -0.1) is 0 Å². The third-order valence-electron chi connectivity index (χ3n) is 5.06. The summed E-state index contributed by atoms with van der Waals surface area (Å²) in [6.07, 6.45) is 1.48. The number of fused-ring (bicyclic) bond motifs is 1. The number of rotatable bonds is 2. The van der Waals surface area contributed by atoms with Crippen LogP contribution in [0.2, 0.25) is 0 Å². The Balaban J connectivity index is 2.19. The van der Waals surface area contributed by atoms with Crippen LogP contribution in [0.25, 0.3) is 5.69 Å². The van der Waals surface area contributed by atoms with E-state index in [0.29, 0.717) is 12.3 Å². The van der Waals surface area contributed by atoms with Crippen LogP contribution in [0.5, 0.6) is 0 Å². The zero-order valence-electron chi connectivity index (χ0n) is 16.6. The molecule has 0 spiro atoms. The van der Waals surface area contributed by atoms with E-state index >= 15 is 0 Å². The molecule has 3 heteroatoms. The Hall–Kier alpha value is -1.90. The molecule has 0 radical (unpaired) electrons. The molecule has 0 bridgehead atoms. The van der Waals surface area contributed by atoms with Crippen molar-refractivity contribution in [1.29, 1.82) is 0 Å². The Morgan fingerprint density at radius 1 is 1.08 bits per heavy atom. The quantitative estimate of drug-likeness (QED) is 0.730. The monoisotopic (exact) mass is 338 g/mol. The van der Waals surface area contributed by atoms with Crippen molar-refractivity contribution < 1.29 is 4.79 Å². The van der Waals surface area contributed by atoms with Crippen LogP contribution in [0.3, 0.4) is 0 Å². The first-order valence-corrected chi connectivity index (χ1v) is 9.25. The van der Waals surface area contributed by atoms with Crippen molar-refractivity contribution in [3.8, 4) is 5.69 Å². The Morgan fingerprint density at radius 3 is 2.20 bits per heavy atom. The van der Waals surface area contributed by atoms with Gasteiger partial charge in [-0.3, -0.25) is 4.79 Å². The molecule has 1 aliphatic rings. The van der Waals surface area contributed by atoms with Gasteiger partial charge < -0.3 is 0 Å². The molecule has 134 valence electrons. The Morgan fingerprint density at radius 2 is 1.68 bits per heavy atom. The molecule has 3 rings (SSSR count). The molecule has 1 aromatic carbocycles. The smallest absolute Gasteiger partial charge is 0.167 e. The predicted molar refractivity (Wildman–Crippen MR) is 103 cm³/mol. The molecule has 0 amide bonds. The van der Waals surface area contributed by atoms with E-state index in [1.165, 1.54) is 5.56 Å². The van der Waals surface area contributed by atoms with E-state index in [4.69, 9.17) is 5.10 Å². The second-order valence-corrected chi connectivity index (χ2v) is 9.52. The van der Waals surface area contributed by atoms with E-state index in [1.807, 2.05) is 4.68 Å². The number of benzene rings is 1. The fraction of sp³-hybridized carbons (Fsp3) is 0.545. The van der Waals surface area contributed by atoms with Gasteiger partial charge in [0.25, 0.3) is 0 Å². The maximum Gasteiger partial charge on any atom is 0.167 e. The molecule has 1 heterocycles.